The highest BCUT2D eigenvalue weighted by atomic mass is 32.2. The van der Waals surface area contributed by atoms with E-state index in [1.54, 1.807) is 6.07 Å². The molecule has 0 aliphatic heterocycles. The number of sulfone groups is 1. The molecule has 16 nitrogen and oxygen atoms in total. The Balaban J connectivity index is 1.73. The van der Waals surface area contributed by atoms with Gasteiger partial charge in [-0.05, 0) is 71.6 Å². The summed E-state index contributed by atoms with van der Waals surface area (Å²) in [6.45, 7) is 3.70. The molecule has 5 aromatic carbocycles. The predicted molar refractivity (Wildman–Crippen MR) is 189 cm³/mol. The van der Waals surface area contributed by atoms with Gasteiger partial charge in [0, 0.05) is 16.3 Å². The number of amides is 1. The maximum absolute atomic E-state index is 13.0. The topological polar surface area (TPSA) is 271 Å². The van der Waals surface area contributed by atoms with Gasteiger partial charge in [-0.2, -0.15) is 25.3 Å². The number of phenolic OH excluding ortho intramolecular Hbond substituents is 1. The molecule has 0 saturated heterocycles. The molecular weight excluding hydrogens is 763 g/mol. The first-order chi connectivity index (χ1) is 24.1. The van der Waals surface area contributed by atoms with E-state index in [1.165, 1.54) is 36.4 Å². The molecule has 0 aliphatic carbocycles. The minimum Gasteiger partial charge on any atom is -0.505 e. The molecule has 5 N–H and O–H groups in total. The molecule has 0 bridgehead atoms. The minimum atomic E-state index is -5.32. The van der Waals surface area contributed by atoms with E-state index in [2.05, 4.69) is 15.5 Å². The Labute approximate surface area is 298 Å². The van der Waals surface area contributed by atoms with E-state index in [9.17, 15) is 57.2 Å². The maximum Gasteiger partial charge on any atom is 0.297 e. The lowest BCUT2D eigenvalue weighted by atomic mass is 10.1. The van der Waals surface area contributed by atoms with Gasteiger partial charge in [0.1, 0.15) is 21.2 Å². The van der Waals surface area contributed by atoms with Crippen LogP contribution in [0.2, 0.25) is 0 Å². The monoisotopic (exact) mass is 791 g/mol. The summed E-state index contributed by atoms with van der Waals surface area (Å²) in [7, 11) is -19.2. The summed E-state index contributed by atoms with van der Waals surface area (Å²) in [5, 5.41) is 20.3. The summed E-state index contributed by atoms with van der Waals surface area (Å²) in [6.07, 6.45) is 0.367. The number of fused-ring (bicyclic) bond motifs is 2. The first kappa shape index (κ1) is 38.4. The van der Waals surface area contributed by atoms with Crippen molar-refractivity contribution in [3.63, 3.8) is 0 Å². The number of hydrogen-bond acceptors (Lipinski definition) is 12. The van der Waals surface area contributed by atoms with Gasteiger partial charge in [-0.25, -0.2) is 8.42 Å². The zero-order chi connectivity index (χ0) is 38.4. The van der Waals surface area contributed by atoms with E-state index in [4.69, 9.17) is 0 Å². The fourth-order valence-corrected chi connectivity index (χ4v) is 8.85. The Kier molecular flexibility index (Phi) is 10.3. The van der Waals surface area contributed by atoms with E-state index in [1.807, 2.05) is 13.8 Å². The van der Waals surface area contributed by atoms with Crippen LogP contribution in [0.3, 0.4) is 0 Å². The smallest absolute Gasteiger partial charge is 0.297 e. The van der Waals surface area contributed by atoms with Gasteiger partial charge >= 0.3 is 0 Å². The number of carbonyl (C=O) groups excluding carboxylic acids is 1. The van der Waals surface area contributed by atoms with Crippen LogP contribution in [0.25, 0.3) is 21.5 Å². The van der Waals surface area contributed by atoms with E-state index in [0.29, 0.717) is 12.5 Å². The van der Waals surface area contributed by atoms with Gasteiger partial charge in [-0.15, -0.1) is 10.2 Å². The summed E-state index contributed by atoms with van der Waals surface area (Å²) < 4.78 is 130. The van der Waals surface area contributed by atoms with Crippen molar-refractivity contribution in [1.29, 1.82) is 0 Å². The van der Waals surface area contributed by atoms with Crippen LogP contribution in [0.15, 0.2) is 109 Å². The number of carbonyl (C=O) groups is 1. The molecule has 0 aromatic heterocycles. The zero-order valence-corrected chi connectivity index (χ0v) is 30.3. The molecule has 0 atom stereocenters. The van der Waals surface area contributed by atoms with Crippen LogP contribution in [0.4, 0.5) is 17.1 Å². The van der Waals surface area contributed by atoms with Gasteiger partial charge in [0.15, 0.2) is 15.6 Å². The largest absolute Gasteiger partial charge is 0.505 e. The maximum atomic E-state index is 13.0. The molecule has 5 rings (SSSR count). The summed E-state index contributed by atoms with van der Waals surface area (Å²) in [5.41, 5.74) is -1.99. The third-order valence-corrected chi connectivity index (χ3v) is 12.1. The molecular formula is C32H29N3O13S4. The van der Waals surface area contributed by atoms with Gasteiger partial charge in [0.05, 0.1) is 21.2 Å². The van der Waals surface area contributed by atoms with Crippen LogP contribution in [-0.4, -0.2) is 64.1 Å². The number of rotatable bonds is 11. The number of azo groups is 1. The van der Waals surface area contributed by atoms with Crippen LogP contribution in [0.5, 0.6) is 5.75 Å². The molecule has 0 radical (unpaired) electrons. The fourth-order valence-electron chi connectivity index (χ4n) is 5.21. The number of phenols is 1. The average Bonchev–Trinajstić information content (AvgIpc) is 3.05. The lowest BCUT2D eigenvalue weighted by molar-refractivity contribution is 0.102. The minimum absolute atomic E-state index is 0.0674. The second-order valence-electron chi connectivity index (χ2n) is 11.9. The second kappa shape index (κ2) is 14.0. The van der Waals surface area contributed by atoms with Crippen LogP contribution in [-0.2, 0) is 40.2 Å². The Morgan fingerprint density at radius 1 is 0.731 bits per heavy atom. The quantitative estimate of drug-likeness (QED) is 0.0768. The van der Waals surface area contributed by atoms with Crippen molar-refractivity contribution in [3.05, 3.63) is 84.4 Å². The van der Waals surface area contributed by atoms with E-state index < -0.39 is 94.4 Å². The third kappa shape index (κ3) is 8.12. The summed E-state index contributed by atoms with van der Waals surface area (Å²) in [5.74, 6) is -2.00. The SMILES string of the molecule is CC(C)CCS(=O)(=O)c1ccc2c(S(=O)(=O)O)c(N=Nc3c(S(=O)(=O)O)cc4cc(S(=O)(=O)O)cc(NC(=O)c5ccccc5)c4c3O)ccc2c1. The van der Waals surface area contributed by atoms with Crippen molar-refractivity contribution in [3.8, 4) is 5.75 Å². The fraction of sp³-hybridized carbons (Fsp3) is 0.156. The van der Waals surface area contributed by atoms with Gasteiger partial charge < -0.3 is 10.4 Å². The van der Waals surface area contributed by atoms with Crippen LogP contribution < -0.4 is 5.32 Å². The van der Waals surface area contributed by atoms with Gasteiger partial charge in [0.2, 0.25) is 0 Å². The van der Waals surface area contributed by atoms with Crippen molar-refractivity contribution in [2.75, 3.05) is 11.1 Å². The van der Waals surface area contributed by atoms with Gasteiger partial charge in [0.25, 0.3) is 36.3 Å². The second-order valence-corrected chi connectivity index (χ2v) is 18.2. The molecule has 52 heavy (non-hydrogen) atoms. The molecule has 0 saturated carbocycles. The molecule has 274 valence electrons. The van der Waals surface area contributed by atoms with Crippen LogP contribution >= 0.6 is 0 Å². The molecule has 0 aliphatic rings. The molecule has 0 heterocycles. The van der Waals surface area contributed by atoms with Crippen molar-refractivity contribution in [2.45, 2.75) is 39.9 Å². The normalized spacial score (nSPS) is 13.0. The average molecular weight is 792 g/mol. The number of nitrogens with one attached hydrogen (secondary N) is 1. The molecule has 1 amide bonds. The number of nitrogens with zero attached hydrogens (tertiary/aromatic N) is 2. The molecule has 0 fully saturated rings. The zero-order valence-electron chi connectivity index (χ0n) is 27.0. The van der Waals surface area contributed by atoms with Crippen LogP contribution in [0, 0.1) is 5.92 Å². The number of hydrogen-bond donors (Lipinski definition) is 5. The number of aromatic hydroxyl groups is 1. The first-order valence-electron chi connectivity index (χ1n) is 14.9. The first-order valence-corrected chi connectivity index (χ1v) is 20.9. The molecule has 5 aromatic rings. The predicted octanol–water partition coefficient (Wildman–Crippen LogP) is 5.93. The Hall–Kier alpha value is -4.83. The summed E-state index contributed by atoms with van der Waals surface area (Å²) in [6, 6.07) is 15.4. The molecule has 0 spiro atoms. The molecule has 0 unspecified atom stereocenters. The van der Waals surface area contributed by atoms with Crippen molar-refractivity contribution < 1.29 is 57.2 Å². The van der Waals surface area contributed by atoms with E-state index in [0.717, 1.165) is 30.3 Å². The number of anilines is 1. The van der Waals surface area contributed by atoms with Crippen molar-refractivity contribution in [2.24, 2.45) is 16.1 Å². The highest BCUT2D eigenvalue weighted by Gasteiger charge is 2.27. The van der Waals surface area contributed by atoms with E-state index >= 15 is 0 Å². The van der Waals surface area contributed by atoms with Crippen molar-refractivity contribution in [1.82, 2.24) is 0 Å². The summed E-state index contributed by atoms with van der Waals surface area (Å²) in [4.78, 5) is 10.1. The van der Waals surface area contributed by atoms with Gasteiger partial charge in [-0.3, -0.25) is 18.5 Å². The molecule has 20 heteroatoms. The highest BCUT2D eigenvalue weighted by Crippen LogP contribution is 2.46. The Bertz CT molecular complexity index is 2750. The van der Waals surface area contributed by atoms with E-state index in [-0.39, 0.29) is 32.9 Å². The van der Waals surface area contributed by atoms with Crippen molar-refractivity contribution >= 4 is 84.7 Å². The Morgan fingerprint density at radius 3 is 1.98 bits per heavy atom. The Morgan fingerprint density at radius 2 is 1.38 bits per heavy atom. The lowest BCUT2D eigenvalue weighted by Crippen LogP contribution is -2.13. The van der Waals surface area contributed by atoms with Gasteiger partial charge in [-0.1, -0.05) is 44.2 Å². The third-order valence-electron chi connectivity index (χ3n) is 7.74. The standard InChI is InChI=1S/C32H29N3O13S4/c1-18(2)12-13-49(38,39)22-9-10-24-20(14-22)8-11-25(31(24)52(46,47)48)34-35-29-27(51(43,44)45)16-21-15-23(50(40,41)42)17-26(28(21)30(29)36)33-32(37)19-6-4-3-5-7-19/h3-11,14-18,36H,12-13H2,1-2H3,(H,33,37)(H,40,41,42)(H,43,44,45)(H,46,47,48). The number of benzene rings is 5. The van der Waals surface area contributed by atoms with Crippen LogP contribution in [0.1, 0.15) is 30.6 Å². The lowest BCUT2D eigenvalue weighted by Gasteiger charge is -2.15. The highest BCUT2D eigenvalue weighted by molar-refractivity contribution is 7.91. The summed E-state index contributed by atoms with van der Waals surface area (Å²) >= 11 is 0.